The first kappa shape index (κ1) is 21.6. The Hall–Kier alpha value is -3.66. The molecule has 0 aliphatic rings. The Morgan fingerprint density at radius 3 is 2.47 bits per heavy atom. The van der Waals surface area contributed by atoms with Gasteiger partial charge in [-0.1, -0.05) is 11.6 Å². The number of imidazole rings is 1. The number of ether oxygens (including phenoxy) is 3. The van der Waals surface area contributed by atoms with Crippen molar-refractivity contribution in [1.29, 1.82) is 0 Å². The van der Waals surface area contributed by atoms with Gasteiger partial charge < -0.3 is 19.2 Å². The molecule has 0 aliphatic heterocycles. The van der Waals surface area contributed by atoms with Crippen LogP contribution < -0.4 is 19.9 Å². The number of aromatic amines is 1. The second-order valence-corrected chi connectivity index (χ2v) is 6.94. The van der Waals surface area contributed by atoms with Gasteiger partial charge in [0.15, 0.2) is 34.6 Å². The molecule has 32 heavy (non-hydrogen) atoms. The topological polar surface area (TPSA) is 78.4 Å². The molecule has 0 spiro atoms. The van der Waals surface area contributed by atoms with Gasteiger partial charge in [0, 0.05) is 12.1 Å². The summed E-state index contributed by atoms with van der Waals surface area (Å²) in [5.74, 6) is -3.02. The van der Waals surface area contributed by atoms with Gasteiger partial charge in [0.2, 0.25) is 0 Å². The minimum atomic E-state index is -1.14. The zero-order valence-corrected chi connectivity index (χ0v) is 17.5. The van der Waals surface area contributed by atoms with E-state index in [2.05, 4.69) is 9.97 Å². The fourth-order valence-electron chi connectivity index (χ4n) is 3.20. The zero-order chi connectivity index (χ0) is 23.0. The van der Waals surface area contributed by atoms with E-state index in [4.69, 9.17) is 25.8 Å². The van der Waals surface area contributed by atoms with Gasteiger partial charge in [-0.05, 0) is 24.3 Å². The summed E-state index contributed by atoms with van der Waals surface area (Å²) in [6.07, 6.45) is 0. The second-order valence-electron chi connectivity index (χ2n) is 6.56. The van der Waals surface area contributed by atoms with Crippen molar-refractivity contribution in [2.75, 3.05) is 14.2 Å². The molecule has 2 aromatic heterocycles. The van der Waals surface area contributed by atoms with Crippen LogP contribution in [0.15, 0.2) is 41.2 Å². The molecular formula is C21H15ClF3N3O4. The molecule has 4 aromatic rings. The molecule has 0 aliphatic carbocycles. The van der Waals surface area contributed by atoms with Crippen molar-refractivity contribution >= 4 is 22.8 Å². The average Bonchev–Trinajstić information content (AvgIpc) is 3.09. The molecule has 166 valence electrons. The minimum Gasteiger partial charge on any atom is -0.496 e. The summed E-state index contributed by atoms with van der Waals surface area (Å²) in [4.78, 5) is 19.1. The lowest BCUT2D eigenvalue weighted by Crippen LogP contribution is -2.16. The van der Waals surface area contributed by atoms with E-state index in [0.29, 0.717) is 5.52 Å². The third-order valence-electron chi connectivity index (χ3n) is 4.72. The third kappa shape index (κ3) is 3.73. The van der Waals surface area contributed by atoms with Crippen molar-refractivity contribution in [3.63, 3.8) is 0 Å². The van der Waals surface area contributed by atoms with Crippen LogP contribution in [0.3, 0.4) is 0 Å². The maximum Gasteiger partial charge on any atom is 0.332 e. The molecule has 0 unspecified atom stereocenters. The first-order chi connectivity index (χ1) is 15.3. The number of rotatable bonds is 6. The normalized spacial score (nSPS) is 11.1. The maximum absolute atomic E-state index is 14.9. The molecule has 0 saturated heterocycles. The highest BCUT2D eigenvalue weighted by molar-refractivity contribution is 6.29. The fraction of sp³-hybridized carbons (Fsp3) is 0.143. The number of fused-ring (bicyclic) bond motifs is 1. The summed E-state index contributed by atoms with van der Waals surface area (Å²) in [7, 11) is 2.58. The Kier molecular flexibility index (Phi) is 5.70. The van der Waals surface area contributed by atoms with E-state index in [1.807, 2.05) is 0 Å². The number of hydrogen-bond donors (Lipinski definition) is 1. The summed E-state index contributed by atoms with van der Waals surface area (Å²) in [6.45, 7) is -0.457. The first-order valence-electron chi connectivity index (χ1n) is 9.13. The molecule has 0 atom stereocenters. The molecule has 0 saturated carbocycles. The number of benzene rings is 2. The van der Waals surface area contributed by atoms with Crippen LogP contribution in [0, 0.1) is 17.5 Å². The summed E-state index contributed by atoms with van der Waals surface area (Å²) in [6, 6.07) is 7.38. The highest BCUT2D eigenvalue weighted by Gasteiger charge is 2.20. The smallest absolute Gasteiger partial charge is 0.332 e. The van der Waals surface area contributed by atoms with Crippen molar-refractivity contribution in [3.8, 4) is 22.9 Å². The number of nitrogens with one attached hydrogen (secondary N) is 1. The predicted octanol–water partition coefficient (Wildman–Crippen LogP) is 4.38. The van der Waals surface area contributed by atoms with E-state index in [9.17, 15) is 18.0 Å². The molecule has 1 N–H and O–H groups in total. The molecule has 0 radical (unpaired) electrons. The van der Waals surface area contributed by atoms with Crippen molar-refractivity contribution < 1.29 is 27.4 Å². The second kappa shape index (κ2) is 8.46. The van der Waals surface area contributed by atoms with Crippen LogP contribution in [0.1, 0.15) is 5.56 Å². The van der Waals surface area contributed by atoms with Crippen molar-refractivity contribution in [2.45, 2.75) is 6.61 Å². The monoisotopic (exact) mass is 465 g/mol. The molecule has 4 rings (SSSR count). The number of halogens is 4. The highest BCUT2D eigenvalue weighted by Crippen LogP contribution is 2.34. The van der Waals surface area contributed by atoms with Gasteiger partial charge in [0.25, 0.3) is 0 Å². The molecule has 7 nitrogen and oxygen atoms in total. The lowest BCUT2D eigenvalue weighted by atomic mass is 10.2. The van der Waals surface area contributed by atoms with Crippen LogP contribution in [0.4, 0.5) is 13.2 Å². The lowest BCUT2D eigenvalue weighted by molar-refractivity contribution is 0.269. The Balaban J connectivity index is 1.80. The van der Waals surface area contributed by atoms with Gasteiger partial charge in [0.1, 0.15) is 17.5 Å². The zero-order valence-electron chi connectivity index (χ0n) is 16.7. The van der Waals surface area contributed by atoms with Crippen molar-refractivity contribution in [1.82, 2.24) is 14.5 Å². The molecule has 0 fully saturated rings. The van der Waals surface area contributed by atoms with E-state index in [-0.39, 0.29) is 39.3 Å². The number of aromatic nitrogens is 3. The Bertz CT molecular complexity index is 1390. The van der Waals surface area contributed by atoms with Crippen LogP contribution >= 0.6 is 11.6 Å². The van der Waals surface area contributed by atoms with E-state index >= 15 is 0 Å². The Morgan fingerprint density at radius 2 is 1.75 bits per heavy atom. The predicted molar refractivity (Wildman–Crippen MR) is 110 cm³/mol. The largest absolute Gasteiger partial charge is 0.496 e. The molecular weight excluding hydrogens is 451 g/mol. The molecule has 0 bridgehead atoms. The molecule has 2 heterocycles. The SMILES string of the molecule is COc1cc(F)c(-n2c(=O)[nH]c3ccc(Cl)nc32)cc1OCc1c(OC)ccc(F)c1F. The van der Waals surface area contributed by atoms with Crippen LogP contribution in [-0.4, -0.2) is 28.8 Å². The maximum atomic E-state index is 14.9. The van der Waals surface area contributed by atoms with E-state index in [1.54, 1.807) is 0 Å². The molecule has 2 aromatic carbocycles. The van der Waals surface area contributed by atoms with Crippen molar-refractivity contribution in [2.24, 2.45) is 0 Å². The molecule has 0 amide bonds. The third-order valence-corrected chi connectivity index (χ3v) is 4.93. The number of pyridine rings is 1. The average molecular weight is 466 g/mol. The van der Waals surface area contributed by atoms with Crippen molar-refractivity contribution in [3.05, 3.63) is 75.1 Å². The minimum absolute atomic E-state index is 0.0269. The highest BCUT2D eigenvalue weighted by atomic mass is 35.5. The standard InChI is InChI=1S/C21H15ClF3N3O4/c1-30-15-5-3-11(23)19(25)10(15)9-32-17-8-14(12(24)7-16(17)31-2)28-20-13(26-21(28)29)4-6-18(22)27-20/h3-8H,9H2,1-2H3,(H,26,29). The summed E-state index contributed by atoms with van der Waals surface area (Å²) in [5.41, 5.74) is -0.627. The van der Waals surface area contributed by atoms with Crippen LogP contribution in [-0.2, 0) is 6.61 Å². The van der Waals surface area contributed by atoms with E-state index in [1.165, 1.54) is 38.5 Å². The van der Waals surface area contributed by atoms with Crippen LogP contribution in [0.5, 0.6) is 17.2 Å². The van der Waals surface area contributed by atoms with Gasteiger partial charge in [-0.3, -0.25) is 0 Å². The van der Waals surface area contributed by atoms with Gasteiger partial charge in [-0.2, -0.15) is 0 Å². The van der Waals surface area contributed by atoms with Gasteiger partial charge in [-0.25, -0.2) is 27.5 Å². The van der Waals surface area contributed by atoms with Gasteiger partial charge in [-0.15, -0.1) is 0 Å². The lowest BCUT2D eigenvalue weighted by Gasteiger charge is -2.15. The number of nitrogens with zero attached hydrogens (tertiary/aromatic N) is 2. The summed E-state index contributed by atoms with van der Waals surface area (Å²) < 4.78 is 59.6. The van der Waals surface area contributed by atoms with Gasteiger partial charge in [0.05, 0.1) is 31.0 Å². The van der Waals surface area contributed by atoms with Crippen LogP contribution in [0.2, 0.25) is 5.15 Å². The molecule has 11 heteroatoms. The van der Waals surface area contributed by atoms with Gasteiger partial charge >= 0.3 is 5.69 Å². The quantitative estimate of drug-likeness (QED) is 0.428. The number of hydrogen-bond acceptors (Lipinski definition) is 5. The summed E-state index contributed by atoms with van der Waals surface area (Å²) >= 11 is 5.92. The Morgan fingerprint density at radius 1 is 1.00 bits per heavy atom. The number of methoxy groups -OCH3 is 2. The van der Waals surface area contributed by atoms with E-state index in [0.717, 1.165) is 16.7 Å². The fourth-order valence-corrected chi connectivity index (χ4v) is 3.35. The van der Waals surface area contributed by atoms with Crippen LogP contribution in [0.25, 0.3) is 16.9 Å². The first-order valence-corrected chi connectivity index (χ1v) is 9.50. The van der Waals surface area contributed by atoms with E-state index < -0.39 is 29.7 Å². The summed E-state index contributed by atoms with van der Waals surface area (Å²) in [5, 5.41) is 0.101. The number of H-pyrrole nitrogens is 1. The Labute approximate surface area is 183 Å².